The lowest BCUT2D eigenvalue weighted by Gasteiger charge is -2.24. The van der Waals surface area contributed by atoms with E-state index in [0.29, 0.717) is 5.92 Å². The van der Waals surface area contributed by atoms with E-state index in [1.165, 1.54) is 56.8 Å². The molecule has 1 N–H and O–H groups in total. The minimum Gasteiger partial charge on any atom is -0.333 e. The molecule has 3 rings (SSSR count). The molecule has 23 heavy (non-hydrogen) atoms. The number of imidazole rings is 1. The monoisotopic (exact) mass is 384 g/mol. The number of hydrogen-bond donors (Lipinski definition) is 1. The van der Waals surface area contributed by atoms with Crippen LogP contribution in [0.2, 0.25) is 0 Å². The molecule has 7 heteroatoms. The number of aryl methyl sites for hydroxylation is 1. The Morgan fingerprint density at radius 1 is 1.09 bits per heavy atom. The first kappa shape index (κ1) is 23.0. The van der Waals surface area contributed by atoms with Crippen molar-refractivity contribution in [1.82, 2.24) is 19.8 Å². The number of aromatic nitrogens is 2. The molecule has 136 valence electrons. The van der Waals surface area contributed by atoms with Gasteiger partial charge in [-0.2, -0.15) is 0 Å². The van der Waals surface area contributed by atoms with Crippen LogP contribution in [0, 0.1) is 0 Å². The third-order valence-corrected chi connectivity index (χ3v) is 4.78. The lowest BCUT2D eigenvalue weighted by atomic mass is 9.97. The van der Waals surface area contributed by atoms with Crippen molar-refractivity contribution < 1.29 is 0 Å². The molecular weight excluding hydrogens is 355 g/mol. The topological polar surface area (TPSA) is 33.1 Å². The first-order chi connectivity index (χ1) is 9.86. The highest BCUT2D eigenvalue weighted by atomic mass is 35.5. The fourth-order valence-electron chi connectivity index (χ4n) is 3.50. The van der Waals surface area contributed by atoms with E-state index in [2.05, 4.69) is 27.9 Å². The van der Waals surface area contributed by atoms with Crippen LogP contribution in [0.25, 0.3) is 0 Å². The van der Waals surface area contributed by atoms with Gasteiger partial charge in [0.1, 0.15) is 5.82 Å². The number of rotatable bonds is 5. The predicted molar refractivity (Wildman–Crippen MR) is 104 cm³/mol. The van der Waals surface area contributed by atoms with Gasteiger partial charge in [-0.15, -0.1) is 37.2 Å². The number of likely N-dealkylation sites (tertiary alicyclic amines) is 1. The normalized spacial score (nSPS) is 18.8. The van der Waals surface area contributed by atoms with E-state index in [1.54, 1.807) is 0 Å². The number of nitrogens with one attached hydrogen (secondary N) is 1. The molecule has 1 aromatic heterocycles. The molecule has 0 bridgehead atoms. The van der Waals surface area contributed by atoms with Crippen LogP contribution in [0.15, 0.2) is 6.20 Å². The van der Waals surface area contributed by atoms with Crippen molar-refractivity contribution in [1.29, 1.82) is 0 Å². The summed E-state index contributed by atoms with van der Waals surface area (Å²) in [6.07, 6.45) is 8.59. The minimum absolute atomic E-state index is 0. The highest BCUT2D eigenvalue weighted by molar-refractivity contribution is 5.86. The smallest absolute Gasteiger partial charge is 0.112 e. The first-order valence-electron chi connectivity index (χ1n) is 8.36. The van der Waals surface area contributed by atoms with E-state index in [-0.39, 0.29) is 37.2 Å². The van der Waals surface area contributed by atoms with Gasteiger partial charge < -0.3 is 14.8 Å². The molecule has 2 fully saturated rings. The molecule has 0 amide bonds. The SMILES string of the molecule is CCc1cn(CCN2CCCC2)c(C2CCNCC2)n1.Cl.Cl.Cl. The number of halogens is 3. The standard InChI is InChI=1S/C16H28N4.3ClH/c1-2-15-13-20(12-11-19-9-3-4-10-19)16(18-15)14-5-7-17-8-6-14;;;/h13-14,17H,2-12H2,1H3;3*1H. The maximum Gasteiger partial charge on any atom is 0.112 e. The van der Waals surface area contributed by atoms with Crippen molar-refractivity contribution in [2.75, 3.05) is 32.7 Å². The Morgan fingerprint density at radius 3 is 2.35 bits per heavy atom. The molecule has 0 unspecified atom stereocenters. The number of piperidine rings is 1. The van der Waals surface area contributed by atoms with Gasteiger partial charge in [0, 0.05) is 25.2 Å². The maximum absolute atomic E-state index is 4.91. The molecule has 0 aromatic carbocycles. The Hall–Kier alpha value is -0.000000000000000111. The van der Waals surface area contributed by atoms with Gasteiger partial charge in [0.05, 0.1) is 5.69 Å². The van der Waals surface area contributed by atoms with Crippen molar-refractivity contribution in [3.63, 3.8) is 0 Å². The number of hydrogen-bond acceptors (Lipinski definition) is 3. The minimum atomic E-state index is 0. The van der Waals surface area contributed by atoms with Crippen molar-refractivity contribution in [2.24, 2.45) is 0 Å². The molecule has 0 aliphatic carbocycles. The molecule has 0 atom stereocenters. The summed E-state index contributed by atoms with van der Waals surface area (Å²) in [4.78, 5) is 7.51. The van der Waals surface area contributed by atoms with E-state index < -0.39 is 0 Å². The summed E-state index contributed by atoms with van der Waals surface area (Å²) in [7, 11) is 0. The summed E-state index contributed by atoms with van der Waals surface area (Å²) in [5.74, 6) is 2.01. The Labute approximate surface area is 159 Å². The van der Waals surface area contributed by atoms with E-state index >= 15 is 0 Å². The van der Waals surface area contributed by atoms with Crippen LogP contribution in [0.5, 0.6) is 0 Å². The molecular formula is C16H31Cl3N4. The van der Waals surface area contributed by atoms with Crippen LogP contribution in [0.1, 0.15) is 50.0 Å². The Balaban J connectivity index is 0.00000161. The van der Waals surface area contributed by atoms with Gasteiger partial charge in [-0.25, -0.2) is 4.98 Å². The van der Waals surface area contributed by atoms with Gasteiger partial charge in [0.15, 0.2) is 0 Å². The third kappa shape index (κ3) is 6.09. The van der Waals surface area contributed by atoms with Gasteiger partial charge in [-0.05, 0) is 58.3 Å². The van der Waals surface area contributed by atoms with Gasteiger partial charge in [-0.3, -0.25) is 0 Å². The Morgan fingerprint density at radius 2 is 1.74 bits per heavy atom. The largest absolute Gasteiger partial charge is 0.333 e. The molecule has 1 aromatic rings. The van der Waals surface area contributed by atoms with Crippen LogP contribution in [0.4, 0.5) is 0 Å². The summed E-state index contributed by atoms with van der Waals surface area (Å²) >= 11 is 0. The van der Waals surface area contributed by atoms with Crippen LogP contribution < -0.4 is 5.32 Å². The summed E-state index contributed by atoms with van der Waals surface area (Å²) in [5, 5.41) is 3.46. The zero-order valence-electron chi connectivity index (χ0n) is 14.0. The van der Waals surface area contributed by atoms with Crippen molar-refractivity contribution in [2.45, 2.75) is 51.5 Å². The lowest BCUT2D eigenvalue weighted by molar-refractivity contribution is 0.316. The second-order valence-electron chi connectivity index (χ2n) is 6.21. The molecule has 2 aliphatic rings. The number of nitrogens with zero attached hydrogens (tertiary/aromatic N) is 3. The second-order valence-corrected chi connectivity index (χ2v) is 6.21. The average molecular weight is 386 g/mol. The van der Waals surface area contributed by atoms with Gasteiger partial charge in [0.25, 0.3) is 0 Å². The van der Waals surface area contributed by atoms with Crippen LogP contribution in [-0.2, 0) is 13.0 Å². The zero-order valence-corrected chi connectivity index (χ0v) is 16.4. The summed E-state index contributed by atoms with van der Waals surface area (Å²) < 4.78 is 2.45. The average Bonchev–Trinajstić information content (AvgIpc) is 3.15. The quantitative estimate of drug-likeness (QED) is 0.844. The fraction of sp³-hybridized carbons (Fsp3) is 0.812. The van der Waals surface area contributed by atoms with Crippen molar-refractivity contribution >= 4 is 37.2 Å². The highest BCUT2D eigenvalue weighted by Gasteiger charge is 2.21. The van der Waals surface area contributed by atoms with Crippen molar-refractivity contribution in [3.05, 3.63) is 17.7 Å². The third-order valence-electron chi connectivity index (χ3n) is 4.78. The summed E-state index contributed by atoms with van der Waals surface area (Å²) in [5.41, 5.74) is 1.26. The van der Waals surface area contributed by atoms with Crippen LogP contribution in [-0.4, -0.2) is 47.2 Å². The van der Waals surface area contributed by atoms with E-state index in [0.717, 1.165) is 26.1 Å². The van der Waals surface area contributed by atoms with Crippen molar-refractivity contribution in [3.8, 4) is 0 Å². The molecule has 4 nitrogen and oxygen atoms in total. The molecule has 2 saturated heterocycles. The van der Waals surface area contributed by atoms with E-state index in [4.69, 9.17) is 4.98 Å². The summed E-state index contributed by atoms with van der Waals surface area (Å²) in [6.45, 7) is 9.38. The van der Waals surface area contributed by atoms with Gasteiger partial charge >= 0.3 is 0 Å². The molecule has 0 saturated carbocycles. The van der Waals surface area contributed by atoms with E-state index in [1.807, 2.05) is 0 Å². The second kappa shape index (κ2) is 11.5. The Kier molecular flexibility index (Phi) is 11.5. The van der Waals surface area contributed by atoms with Gasteiger partial charge in [-0.1, -0.05) is 6.92 Å². The molecule has 0 spiro atoms. The molecule has 0 radical (unpaired) electrons. The van der Waals surface area contributed by atoms with E-state index in [9.17, 15) is 0 Å². The first-order valence-corrected chi connectivity index (χ1v) is 8.36. The lowest BCUT2D eigenvalue weighted by Crippen LogP contribution is -2.29. The van der Waals surface area contributed by atoms with Crippen LogP contribution >= 0.6 is 37.2 Å². The van der Waals surface area contributed by atoms with Crippen LogP contribution in [0.3, 0.4) is 0 Å². The fourth-order valence-corrected chi connectivity index (χ4v) is 3.50. The predicted octanol–water partition coefficient (Wildman–Crippen LogP) is 3.27. The Bertz CT molecular complexity index is 427. The molecule has 3 heterocycles. The zero-order chi connectivity index (χ0) is 13.8. The molecule has 2 aliphatic heterocycles. The van der Waals surface area contributed by atoms with Gasteiger partial charge in [0.2, 0.25) is 0 Å². The maximum atomic E-state index is 4.91. The summed E-state index contributed by atoms with van der Waals surface area (Å²) in [6, 6.07) is 0. The highest BCUT2D eigenvalue weighted by Crippen LogP contribution is 2.25.